The molecular weight excluding hydrogens is 366 g/mol. The van der Waals surface area contributed by atoms with E-state index < -0.39 is 0 Å². The van der Waals surface area contributed by atoms with Gasteiger partial charge < -0.3 is 5.32 Å². The van der Waals surface area contributed by atoms with Crippen LogP contribution in [0.1, 0.15) is 42.5 Å². The van der Waals surface area contributed by atoms with E-state index in [4.69, 9.17) is 16.6 Å². The van der Waals surface area contributed by atoms with Gasteiger partial charge in [-0.3, -0.25) is 4.79 Å². The summed E-state index contributed by atoms with van der Waals surface area (Å²) in [4.78, 5) is 16.9. The van der Waals surface area contributed by atoms with E-state index in [-0.39, 0.29) is 11.7 Å². The van der Waals surface area contributed by atoms with Crippen LogP contribution in [-0.2, 0) is 17.6 Å². The molecule has 1 amide bonds. The molecule has 0 bridgehead atoms. The van der Waals surface area contributed by atoms with E-state index in [1.807, 2.05) is 6.07 Å². The van der Waals surface area contributed by atoms with Crippen LogP contribution in [0.25, 0.3) is 0 Å². The van der Waals surface area contributed by atoms with Crippen LogP contribution in [0, 0.1) is 11.3 Å². The van der Waals surface area contributed by atoms with Crippen LogP contribution >= 0.6 is 23.4 Å². The van der Waals surface area contributed by atoms with Crippen LogP contribution < -0.4 is 5.32 Å². The molecule has 1 aliphatic rings. The van der Waals surface area contributed by atoms with E-state index in [0.29, 0.717) is 21.3 Å². The van der Waals surface area contributed by atoms with Gasteiger partial charge in [0, 0.05) is 16.4 Å². The maximum Gasteiger partial charge on any atom is 0.234 e. The number of rotatable bonds is 4. The number of thioether (sulfide) groups is 1. The number of nitrogens with zero attached hydrogens (tertiary/aromatic N) is 2. The zero-order valence-electron chi connectivity index (χ0n) is 14.4. The molecule has 1 aliphatic carbocycles. The number of hydrogen-bond donors (Lipinski definition) is 1. The Bertz CT molecular complexity index is 847. The van der Waals surface area contributed by atoms with Crippen molar-refractivity contribution in [2.24, 2.45) is 0 Å². The summed E-state index contributed by atoms with van der Waals surface area (Å²) in [5.41, 5.74) is 3.50. The summed E-state index contributed by atoms with van der Waals surface area (Å²) in [6.45, 7) is 0. The number of nitrogens with one attached hydrogen (secondary N) is 1. The predicted octanol–water partition coefficient (Wildman–Crippen LogP) is 5.00. The fraction of sp³-hybridized carbons (Fsp3) is 0.350. The molecule has 4 nitrogen and oxygen atoms in total. The van der Waals surface area contributed by atoms with Crippen LogP contribution in [-0.4, -0.2) is 16.6 Å². The third-order valence-electron chi connectivity index (χ3n) is 4.33. The van der Waals surface area contributed by atoms with E-state index in [1.54, 1.807) is 24.3 Å². The Morgan fingerprint density at radius 3 is 2.81 bits per heavy atom. The number of hydrogen-bond acceptors (Lipinski definition) is 4. The Kier molecular flexibility index (Phi) is 6.54. The third kappa shape index (κ3) is 5.00. The van der Waals surface area contributed by atoms with E-state index >= 15 is 0 Å². The summed E-state index contributed by atoms with van der Waals surface area (Å²) >= 11 is 7.24. The lowest BCUT2D eigenvalue weighted by Gasteiger charge is -2.15. The van der Waals surface area contributed by atoms with Crippen LogP contribution in [0.4, 0.5) is 5.69 Å². The summed E-state index contributed by atoms with van der Waals surface area (Å²) in [6, 6.07) is 11.2. The van der Waals surface area contributed by atoms with Crippen molar-refractivity contribution in [1.29, 1.82) is 5.26 Å². The van der Waals surface area contributed by atoms with Crippen molar-refractivity contribution in [1.82, 2.24) is 4.98 Å². The van der Waals surface area contributed by atoms with Crippen LogP contribution in [0.3, 0.4) is 0 Å². The lowest BCUT2D eigenvalue weighted by molar-refractivity contribution is -0.113. The Balaban J connectivity index is 1.69. The highest BCUT2D eigenvalue weighted by atomic mass is 35.5. The van der Waals surface area contributed by atoms with Crippen LogP contribution in [0.2, 0.25) is 5.02 Å². The fourth-order valence-corrected chi connectivity index (χ4v) is 4.02. The molecule has 1 heterocycles. The molecule has 26 heavy (non-hydrogen) atoms. The second kappa shape index (κ2) is 9.07. The molecule has 0 atom stereocenters. The van der Waals surface area contributed by atoms with Gasteiger partial charge in [-0.25, -0.2) is 4.98 Å². The number of aryl methyl sites for hydroxylation is 2. The molecule has 0 aliphatic heterocycles. The quantitative estimate of drug-likeness (QED) is 0.752. The van der Waals surface area contributed by atoms with Crippen molar-refractivity contribution >= 4 is 35.0 Å². The second-order valence-electron chi connectivity index (χ2n) is 6.32. The molecule has 2 aromatic rings. The van der Waals surface area contributed by atoms with Gasteiger partial charge in [0.25, 0.3) is 0 Å². The average Bonchev–Trinajstić information content (AvgIpc) is 2.60. The van der Waals surface area contributed by atoms with Crippen molar-refractivity contribution in [3.63, 3.8) is 0 Å². The maximum atomic E-state index is 12.2. The Morgan fingerprint density at radius 2 is 2.04 bits per heavy atom. The minimum Gasteiger partial charge on any atom is -0.325 e. The van der Waals surface area contributed by atoms with Crippen LogP contribution in [0.5, 0.6) is 0 Å². The van der Waals surface area contributed by atoms with Crippen molar-refractivity contribution < 1.29 is 4.79 Å². The molecule has 0 saturated carbocycles. The first-order valence-corrected chi connectivity index (χ1v) is 10.1. The van der Waals surface area contributed by atoms with E-state index in [9.17, 15) is 10.1 Å². The topological polar surface area (TPSA) is 65.8 Å². The molecule has 1 aromatic heterocycles. The van der Waals surface area contributed by atoms with Gasteiger partial charge >= 0.3 is 0 Å². The zero-order valence-corrected chi connectivity index (χ0v) is 16.0. The molecule has 0 fully saturated rings. The number of halogens is 1. The number of fused-ring (bicyclic) bond motifs is 1. The van der Waals surface area contributed by atoms with Crippen molar-refractivity contribution in [2.75, 3.05) is 11.1 Å². The van der Waals surface area contributed by atoms with Crippen LogP contribution in [0.15, 0.2) is 35.4 Å². The molecule has 0 unspecified atom stereocenters. The van der Waals surface area contributed by atoms with Gasteiger partial charge in [-0.05, 0) is 55.5 Å². The number of amides is 1. The molecule has 6 heteroatoms. The lowest BCUT2D eigenvalue weighted by Crippen LogP contribution is -2.14. The van der Waals surface area contributed by atoms with Crippen molar-refractivity contribution in [3.05, 3.63) is 52.2 Å². The van der Waals surface area contributed by atoms with Gasteiger partial charge in [0.05, 0.1) is 11.3 Å². The van der Waals surface area contributed by atoms with Crippen molar-refractivity contribution in [3.8, 4) is 6.07 Å². The first-order chi connectivity index (χ1) is 12.7. The summed E-state index contributed by atoms with van der Waals surface area (Å²) in [6.07, 6.45) is 6.67. The van der Waals surface area contributed by atoms with Crippen molar-refractivity contribution in [2.45, 2.75) is 43.6 Å². The standard InChI is InChI=1S/C20H20ClN3OS/c21-16-7-5-8-17(11-16)23-19(25)13-26-20-15(12-22)10-14-6-3-1-2-4-9-18(14)24-20/h5,7-8,10-11H,1-4,6,9,13H2,(H,23,25). The summed E-state index contributed by atoms with van der Waals surface area (Å²) in [5.74, 6) is 0.0576. The lowest BCUT2D eigenvalue weighted by atomic mass is 9.96. The molecule has 0 radical (unpaired) electrons. The molecule has 0 spiro atoms. The smallest absolute Gasteiger partial charge is 0.234 e. The van der Waals surface area contributed by atoms with E-state index in [0.717, 1.165) is 31.4 Å². The zero-order chi connectivity index (χ0) is 18.4. The summed E-state index contributed by atoms with van der Waals surface area (Å²) < 4.78 is 0. The van der Waals surface area contributed by atoms with E-state index in [1.165, 1.54) is 30.2 Å². The number of pyridine rings is 1. The van der Waals surface area contributed by atoms with Gasteiger partial charge in [0.1, 0.15) is 11.1 Å². The molecule has 134 valence electrons. The Labute approximate surface area is 163 Å². The molecular formula is C20H20ClN3OS. The first-order valence-electron chi connectivity index (χ1n) is 8.77. The molecule has 1 N–H and O–H groups in total. The Hall–Kier alpha value is -2.03. The Morgan fingerprint density at radius 1 is 1.23 bits per heavy atom. The fourth-order valence-electron chi connectivity index (χ4n) is 3.06. The normalized spacial score (nSPS) is 13.8. The maximum absolute atomic E-state index is 12.2. The van der Waals surface area contributed by atoms with Gasteiger partial charge in [0.15, 0.2) is 0 Å². The first kappa shape index (κ1) is 18.8. The van der Waals surface area contributed by atoms with E-state index in [2.05, 4.69) is 11.4 Å². The highest BCUT2D eigenvalue weighted by Gasteiger charge is 2.15. The number of carbonyl (C=O) groups is 1. The largest absolute Gasteiger partial charge is 0.325 e. The summed E-state index contributed by atoms with van der Waals surface area (Å²) in [7, 11) is 0. The number of aromatic nitrogens is 1. The predicted molar refractivity (Wildman–Crippen MR) is 106 cm³/mol. The molecule has 1 aromatic carbocycles. The summed E-state index contributed by atoms with van der Waals surface area (Å²) in [5, 5.41) is 13.5. The highest BCUT2D eigenvalue weighted by Crippen LogP contribution is 2.27. The number of carbonyl (C=O) groups excluding carboxylic acids is 1. The number of benzene rings is 1. The SMILES string of the molecule is N#Cc1cc2c(nc1SCC(=O)Nc1cccc(Cl)c1)CCCCCC2. The minimum atomic E-state index is -0.144. The third-order valence-corrected chi connectivity index (χ3v) is 5.56. The number of anilines is 1. The molecule has 0 saturated heterocycles. The molecule has 3 rings (SSSR count). The minimum absolute atomic E-state index is 0.144. The monoisotopic (exact) mass is 385 g/mol. The average molecular weight is 386 g/mol. The number of nitriles is 1. The highest BCUT2D eigenvalue weighted by molar-refractivity contribution is 8.00. The van der Waals surface area contributed by atoms with Gasteiger partial charge in [-0.15, -0.1) is 0 Å². The van der Waals surface area contributed by atoms with Gasteiger partial charge in [0.2, 0.25) is 5.91 Å². The van der Waals surface area contributed by atoms with Gasteiger partial charge in [-0.2, -0.15) is 5.26 Å². The van der Waals surface area contributed by atoms with Gasteiger partial charge in [-0.1, -0.05) is 42.3 Å². The second-order valence-corrected chi connectivity index (χ2v) is 7.72.